The summed E-state index contributed by atoms with van der Waals surface area (Å²) in [6.45, 7) is 0.735. The number of hydrogen-bond acceptors (Lipinski definition) is 5. The maximum Gasteiger partial charge on any atom is 0.331 e. The van der Waals surface area contributed by atoms with Crippen LogP contribution >= 0.6 is 11.6 Å². The van der Waals surface area contributed by atoms with Gasteiger partial charge in [-0.3, -0.25) is 10.1 Å². The molecule has 0 atom stereocenters. The molecule has 6 nitrogen and oxygen atoms in total. The van der Waals surface area contributed by atoms with Crippen LogP contribution in [0.25, 0.3) is 0 Å². The summed E-state index contributed by atoms with van der Waals surface area (Å²) in [4.78, 5) is 13.7. The van der Waals surface area contributed by atoms with Gasteiger partial charge >= 0.3 is 5.69 Å². The van der Waals surface area contributed by atoms with Crippen LogP contribution in [0.5, 0.6) is 5.88 Å². The fourth-order valence-corrected chi connectivity index (χ4v) is 1.05. The van der Waals surface area contributed by atoms with E-state index in [9.17, 15) is 10.1 Å². The van der Waals surface area contributed by atoms with E-state index in [1.54, 1.807) is 0 Å². The van der Waals surface area contributed by atoms with Gasteiger partial charge in [-0.25, -0.2) is 0 Å². The molecule has 0 spiro atoms. The first-order chi connectivity index (χ1) is 7.15. The van der Waals surface area contributed by atoms with Crippen molar-refractivity contribution in [3.05, 3.63) is 27.4 Å². The zero-order valence-corrected chi connectivity index (χ0v) is 8.61. The van der Waals surface area contributed by atoms with Gasteiger partial charge < -0.3 is 10.5 Å². The fourth-order valence-electron chi connectivity index (χ4n) is 0.908. The Bertz CT molecular complexity index is 359. The SMILES string of the molecule is NCCCOc1nc(Cl)ccc1[N+](=O)[O-]. The minimum Gasteiger partial charge on any atom is -0.473 e. The Morgan fingerprint density at radius 2 is 2.33 bits per heavy atom. The molecule has 0 aliphatic heterocycles. The van der Waals surface area contributed by atoms with Gasteiger partial charge in [-0.05, 0) is 19.0 Å². The zero-order valence-electron chi connectivity index (χ0n) is 7.85. The first-order valence-corrected chi connectivity index (χ1v) is 4.66. The summed E-state index contributed by atoms with van der Waals surface area (Å²) in [6.07, 6.45) is 0.603. The number of nitro groups is 1. The second kappa shape index (κ2) is 5.47. The first-order valence-electron chi connectivity index (χ1n) is 4.29. The van der Waals surface area contributed by atoms with Crippen molar-refractivity contribution < 1.29 is 9.66 Å². The highest BCUT2D eigenvalue weighted by atomic mass is 35.5. The number of hydrogen-bond donors (Lipinski definition) is 1. The lowest BCUT2D eigenvalue weighted by Gasteiger charge is -2.04. The summed E-state index contributed by atoms with van der Waals surface area (Å²) in [7, 11) is 0. The average Bonchev–Trinajstić information content (AvgIpc) is 2.18. The van der Waals surface area contributed by atoms with E-state index in [-0.39, 0.29) is 23.3 Å². The van der Waals surface area contributed by atoms with Crippen LogP contribution in [-0.4, -0.2) is 23.1 Å². The average molecular weight is 232 g/mol. The molecule has 1 aromatic rings. The molecule has 2 N–H and O–H groups in total. The molecule has 0 amide bonds. The Hall–Kier alpha value is -1.40. The number of pyridine rings is 1. The molecule has 15 heavy (non-hydrogen) atoms. The smallest absolute Gasteiger partial charge is 0.331 e. The van der Waals surface area contributed by atoms with Crippen molar-refractivity contribution in [2.75, 3.05) is 13.2 Å². The van der Waals surface area contributed by atoms with E-state index in [2.05, 4.69) is 4.98 Å². The van der Waals surface area contributed by atoms with E-state index in [1.807, 2.05) is 0 Å². The third-order valence-corrected chi connectivity index (χ3v) is 1.80. The van der Waals surface area contributed by atoms with Gasteiger partial charge in [-0.15, -0.1) is 0 Å². The van der Waals surface area contributed by atoms with Crippen molar-refractivity contribution in [3.63, 3.8) is 0 Å². The molecule has 1 aromatic heterocycles. The van der Waals surface area contributed by atoms with E-state index < -0.39 is 4.92 Å². The topological polar surface area (TPSA) is 91.3 Å². The van der Waals surface area contributed by atoms with Crippen LogP contribution in [-0.2, 0) is 0 Å². The quantitative estimate of drug-likeness (QED) is 0.358. The highest BCUT2D eigenvalue weighted by Gasteiger charge is 2.16. The van der Waals surface area contributed by atoms with Gasteiger partial charge in [-0.1, -0.05) is 11.6 Å². The second-order valence-electron chi connectivity index (χ2n) is 2.71. The summed E-state index contributed by atoms with van der Waals surface area (Å²) in [5, 5.41) is 10.7. The van der Waals surface area contributed by atoms with Gasteiger partial charge in [0.05, 0.1) is 11.5 Å². The predicted molar refractivity (Wildman–Crippen MR) is 55.1 cm³/mol. The predicted octanol–water partition coefficient (Wildman–Crippen LogP) is 1.37. The van der Waals surface area contributed by atoms with E-state index in [1.165, 1.54) is 12.1 Å². The molecule has 0 unspecified atom stereocenters. The number of rotatable bonds is 5. The van der Waals surface area contributed by atoms with Crippen LogP contribution < -0.4 is 10.5 Å². The molecule has 1 heterocycles. The Labute approximate surface area is 91.2 Å². The standard InChI is InChI=1S/C8H10ClN3O3/c9-7-3-2-6(12(13)14)8(11-7)15-5-1-4-10/h2-3H,1,4-5,10H2. The van der Waals surface area contributed by atoms with Crippen LogP contribution in [0.1, 0.15) is 6.42 Å². The Morgan fingerprint density at radius 1 is 1.60 bits per heavy atom. The van der Waals surface area contributed by atoms with E-state index in [0.29, 0.717) is 13.0 Å². The minimum absolute atomic E-state index is 0.0686. The first kappa shape index (κ1) is 11.7. The Balaban J connectivity index is 2.82. The maximum absolute atomic E-state index is 10.6. The molecule has 0 bridgehead atoms. The molecule has 0 aliphatic carbocycles. The lowest BCUT2D eigenvalue weighted by atomic mass is 10.4. The zero-order chi connectivity index (χ0) is 11.3. The van der Waals surface area contributed by atoms with Crippen molar-refractivity contribution in [2.24, 2.45) is 5.73 Å². The van der Waals surface area contributed by atoms with Gasteiger partial charge in [0.15, 0.2) is 0 Å². The Morgan fingerprint density at radius 3 is 2.93 bits per heavy atom. The third-order valence-electron chi connectivity index (χ3n) is 1.59. The number of nitrogens with zero attached hydrogens (tertiary/aromatic N) is 2. The van der Waals surface area contributed by atoms with E-state index in [4.69, 9.17) is 22.1 Å². The minimum atomic E-state index is -0.568. The van der Waals surface area contributed by atoms with Crippen LogP contribution in [0.2, 0.25) is 5.15 Å². The molecule has 0 radical (unpaired) electrons. The molecule has 0 saturated heterocycles. The second-order valence-corrected chi connectivity index (χ2v) is 3.09. The molecule has 0 aromatic carbocycles. The van der Waals surface area contributed by atoms with Gasteiger partial charge in [0.25, 0.3) is 5.88 Å². The molecule has 0 saturated carbocycles. The molecule has 0 aliphatic rings. The van der Waals surface area contributed by atoms with Crippen LogP contribution in [0, 0.1) is 10.1 Å². The van der Waals surface area contributed by atoms with Gasteiger partial charge in [0.1, 0.15) is 5.15 Å². The van der Waals surface area contributed by atoms with Gasteiger partial charge in [-0.2, -0.15) is 4.98 Å². The molecule has 0 fully saturated rings. The van der Waals surface area contributed by atoms with E-state index >= 15 is 0 Å². The number of nitrogens with two attached hydrogens (primary N) is 1. The highest BCUT2D eigenvalue weighted by Crippen LogP contribution is 2.26. The molecular weight excluding hydrogens is 222 g/mol. The van der Waals surface area contributed by atoms with Crippen LogP contribution in [0.3, 0.4) is 0 Å². The number of ether oxygens (including phenoxy) is 1. The Kier molecular flexibility index (Phi) is 4.26. The maximum atomic E-state index is 10.6. The monoisotopic (exact) mass is 231 g/mol. The number of aromatic nitrogens is 1. The van der Waals surface area contributed by atoms with Crippen molar-refractivity contribution in [2.45, 2.75) is 6.42 Å². The lowest BCUT2D eigenvalue weighted by Crippen LogP contribution is -2.08. The number of halogens is 1. The van der Waals surface area contributed by atoms with Crippen LogP contribution in [0.4, 0.5) is 5.69 Å². The molecule has 7 heteroatoms. The highest BCUT2D eigenvalue weighted by molar-refractivity contribution is 6.29. The van der Waals surface area contributed by atoms with E-state index in [0.717, 1.165) is 0 Å². The summed E-state index contributed by atoms with van der Waals surface area (Å²) >= 11 is 5.60. The van der Waals surface area contributed by atoms with Crippen molar-refractivity contribution in [3.8, 4) is 5.88 Å². The summed E-state index contributed by atoms with van der Waals surface area (Å²) in [5.74, 6) is -0.0686. The van der Waals surface area contributed by atoms with Gasteiger partial charge in [0, 0.05) is 6.07 Å². The molecule has 1 rings (SSSR count). The summed E-state index contributed by atoms with van der Waals surface area (Å²) in [5.41, 5.74) is 5.06. The molecular formula is C8H10ClN3O3. The summed E-state index contributed by atoms with van der Waals surface area (Å²) in [6, 6.07) is 2.60. The third kappa shape index (κ3) is 3.34. The molecule has 82 valence electrons. The fraction of sp³-hybridized carbons (Fsp3) is 0.375. The lowest BCUT2D eigenvalue weighted by molar-refractivity contribution is -0.386. The van der Waals surface area contributed by atoms with Crippen LogP contribution in [0.15, 0.2) is 12.1 Å². The summed E-state index contributed by atoms with van der Waals surface area (Å²) < 4.78 is 5.10. The van der Waals surface area contributed by atoms with Crippen molar-refractivity contribution >= 4 is 17.3 Å². The normalized spacial score (nSPS) is 10.0. The largest absolute Gasteiger partial charge is 0.473 e. The van der Waals surface area contributed by atoms with Gasteiger partial charge in [0.2, 0.25) is 0 Å². The van der Waals surface area contributed by atoms with Crippen molar-refractivity contribution in [1.29, 1.82) is 0 Å². The van der Waals surface area contributed by atoms with Crippen molar-refractivity contribution in [1.82, 2.24) is 4.98 Å².